The van der Waals surface area contributed by atoms with E-state index in [-0.39, 0.29) is 17.6 Å². The number of carbonyl (C=O) groups is 1. The van der Waals surface area contributed by atoms with Gasteiger partial charge in [-0.05, 0) is 17.9 Å². The summed E-state index contributed by atoms with van der Waals surface area (Å²) in [5.41, 5.74) is 1.10. The Morgan fingerprint density at radius 2 is 2.22 bits per heavy atom. The first kappa shape index (κ1) is 18.1. The van der Waals surface area contributed by atoms with Crippen molar-refractivity contribution in [3.05, 3.63) is 23.0 Å². The van der Waals surface area contributed by atoms with Crippen LogP contribution in [0.25, 0.3) is 0 Å². The molecule has 1 aliphatic rings. The minimum Gasteiger partial charge on any atom is -0.377 e. The van der Waals surface area contributed by atoms with Gasteiger partial charge >= 0.3 is 6.03 Å². The van der Waals surface area contributed by atoms with Crippen molar-refractivity contribution in [2.24, 2.45) is 18.4 Å². The van der Waals surface area contributed by atoms with Crippen LogP contribution < -0.4 is 5.32 Å². The Kier molecular flexibility index (Phi) is 5.63. The van der Waals surface area contributed by atoms with Gasteiger partial charge in [-0.3, -0.25) is 0 Å². The predicted molar refractivity (Wildman–Crippen MR) is 92.6 cm³/mol. The predicted octanol–water partition coefficient (Wildman–Crippen LogP) is 3.27. The van der Waals surface area contributed by atoms with Crippen molar-refractivity contribution >= 4 is 17.6 Å². The summed E-state index contributed by atoms with van der Waals surface area (Å²) in [6, 6.07) is 1.81. The van der Waals surface area contributed by atoms with Gasteiger partial charge in [0.2, 0.25) is 0 Å². The number of amides is 2. The summed E-state index contributed by atoms with van der Waals surface area (Å²) in [5, 5.41) is 3.73. The van der Waals surface area contributed by atoms with Gasteiger partial charge in [0, 0.05) is 45.1 Å². The van der Waals surface area contributed by atoms with Crippen molar-refractivity contribution in [1.82, 2.24) is 14.8 Å². The highest BCUT2D eigenvalue weighted by Crippen LogP contribution is 2.34. The van der Waals surface area contributed by atoms with Crippen LogP contribution in [0.1, 0.15) is 32.9 Å². The third-order valence-electron chi connectivity index (χ3n) is 4.40. The summed E-state index contributed by atoms with van der Waals surface area (Å²) >= 11 is 5.98. The van der Waals surface area contributed by atoms with E-state index in [9.17, 15) is 4.79 Å². The Balaban J connectivity index is 1.85. The molecule has 6 heteroatoms. The number of rotatable bonds is 4. The zero-order valence-electron chi connectivity index (χ0n) is 14.7. The summed E-state index contributed by atoms with van der Waals surface area (Å²) < 4.78 is 7.79. The molecule has 0 aromatic carbocycles. The summed E-state index contributed by atoms with van der Waals surface area (Å²) in [4.78, 5) is 14.0. The topological polar surface area (TPSA) is 46.5 Å². The van der Waals surface area contributed by atoms with Crippen molar-refractivity contribution in [2.75, 3.05) is 20.2 Å². The van der Waals surface area contributed by atoms with E-state index in [0.717, 1.165) is 18.7 Å². The fourth-order valence-electron chi connectivity index (χ4n) is 3.19. The lowest BCUT2D eigenvalue weighted by atomic mass is 9.81. The molecule has 2 amide bonds. The number of carbonyl (C=O) groups excluding carboxylic acids is 1. The standard InChI is InChI=1S/C17H28ClN3O2/c1-17(2,3)15-12(6-7-23-15)9-19-16(22)21(5)11-14-8-13(18)10-20(14)4/h8,10,12,15H,6-7,9,11H2,1-5H3,(H,19,22)/t12-,15+/m0/s1. The normalized spacial score (nSPS) is 21.5. The highest BCUT2D eigenvalue weighted by Gasteiger charge is 2.37. The van der Waals surface area contributed by atoms with Gasteiger partial charge in [0.1, 0.15) is 0 Å². The highest BCUT2D eigenvalue weighted by molar-refractivity contribution is 6.30. The van der Waals surface area contributed by atoms with Crippen LogP contribution in [0, 0.1) is 11.3 Å². The van der Waals surface area contributed by atoms with Crippen molar-refractivity contribution in [3.63, 3.8) is 0 Å². The Bertz CT molecular complexity index is 551. The van der Waals surface area contributed by atoms with E-state index in [1.165, 1.54) is 0 Å². The van der Waals surface area contributed by atoms with Crippen molar-refractivity contribution in [3.8, 4) is 0 Å². The van der Waals surface area contributed by atoms with E-state index >= 15 is 0 Å². The largest absolute Gasteiger partial charge is 0.377 e. The number of nitrogens with zero attached hydrogens (tertiary/aromatic N) is 2. The van der Waals surface area contributed by atoms with E-state index in [1.54, 1.807) is 11.9 Å². The minimum atomic E-state index is -0.0677. The maximum atomic E-state index is 12.3. The van der Waals surface area contributed by atoms with Crippen LogP contribution >= 0.6 is 11.6 Å². The summed E-state index contributed by atoms with van der Waals surface area (Å²) in [6.07, 6.45) is 3.03. The lowest BCUT2D eigenvalue weighted by molar-refractivity contribution is 0.00757. The van der Waals surface area contributed by atoms with Gasteiger partial charge in [0.25, 0.3) is 0 Å². The molecule has 1 N–H and O–H groups in total. The molecule has 0 spiro atoms. The molecule has 1 aromatic rings. The molecule has 2 heterocycles. The van der Waals surface area contributed by atoms with Gasteiger partial charge in [-0.2, -0.15) is 0 Å². The molecule has 1 aromatic heterocycles. The number of halogens is 1. The fraction of sp³-hybridized carbons (Fsp3) is 0.706. The number of hydrogen-bond acceptors (Lipinski definition) is 2. The zero-order valence-corrected chi connectivity index (χ0v) is 15.5. The zero-order chi connectivity index (χ0) is 17.2. The van der Waals surface area contributed by atoms with Crippen molar-refractivity contribution in [2.45, 2.75) is 39.8 Å². The van der Waals surface area contributed by atoms with Gasteiger partial charge in [0.15, 0.2) is 0 Å². The van der Waals surface area contributed by atoms with Crippen molar-refractivity contribution in [1.29, 1.82) is 0 Å². The third-order valence-corrected chi connectivity index (χ3v) is 4.61. The number of nitrogens with one attached hydrogen (secondary N) is 1. The van der Waals surface area contributed by atoms with Gasteiger partial charge in [0.05, 0.1) is 17.7 Å². The fourth-order valence-corrected chi connectivity index (χ4v) is 3.46. The summed E-state index contributed by atoms with van der Waals surface area (Å²) in [7, 11) is 3.72. The van der Waals surface area contributed by atoms with Crippen LogP contribution in [0.2, 0.25) is 5.02 Å². The number of ether oxygens (including phenoxy) is 1. The molecule has 1 saturated heterocycles. The molecule has 0 radical (unpaired) electrons. The number of hydrogen-bond donors (Lipinski definition) is 1. The van der Waals surface area contributed by atoms with E-state index in [0.29, 0.717) is 24.0 Å². The van der Waals surface area contributed by atoms with E-state index in [4.69, 9.17) is 16.3 Å². The van der Waals surface area contributed by atoms with Gasteiger partial charge < -0.3 is 19.5 Å². The SMILES string of the molecule is CN(Cc1cc(Cl)cn1C)C(=O)NC[C@@H]1CCO[C@H]1C(C)(C)C. The first-order chi connectivity index (χ1) is 10.7. The second-order valence-electron chi connectivity index (χ2n) is 7.51. The number of aryl methyl sites for hydroxylation is 1. The van der Waals surface area contributed by atoms with Gasteiger partial charge in [-0.1, -0.05) is 32.4 Å². The Labute approximate surface area is 143 Å². The third kappa shape index (κ3) is 4.64. The molecule has 2 atom stereocenters. The lowest BCUT2D eigenvalue weighted by Gasteiger charge is -2.31. The molecule has 2 rings (SSSR count). The molecule has 130 valence electrons. The quantitative estimate of drug-likeness (QED) is 0.913. The second-order valence-corrected chi connectivity index (χ2v) is 7.95. The molecular formula is C17H28ClN3O2. The van der Waals surface area contributed by atoms with Gasteiger partial charge in [-0.15, -0.1) is 0 Å². The average molecular weight is 342 g/mol. The molecule has 0 unspecified atom stereocenters. The molecule has 1 fully saturated rings. The van der Waals surface area contributed by atoms with E-state index < -0.39 is 0 Å². The summed E-state index contributed by atoms with van der Waals surface area (Å²) in [6.45, 7) is 8.51. The molecule has 0 bridgehead atoms. The van der Waals surface area contributed by atoms with E-state index in [2.05, 4.69) is 26.1 Å². The number of aromatic nitrogens is 1. The Morgan fingerprint density at radius 3 is 2.78 bits per heavy atom. The smallest absolute Gasteiger partial charge is 0.317 e. The van der Waals surface area contributed by atoms with Crippen LogP contribution in [0.15, 0.2) is 12.3 Å². The first-order valence-corrected chi connectivity index (χ1v) is 8.47. The number of urea groups is 1. The van der Waals surface area contributed by atoms with Crippen LogP contribution in [0.3, 0.4) is 0 Å². The monoisotopic (exact) mass is 341 g/mol. The molecule has 0 aliphatic carbocycles. The van der Waals surface area contributed by atoms with Crippen LogP contribution in [0.4, 0.5) is 4.79 Å². The minimum absolute atomic E-state index is 0.0677. The van der Waals surface area contributed by atoms with Crippen LogP contribution in [-0.2, 0) is 18.3 Å². The van der Waals surface area contributed by atoms with Crippen molar-refractivity contribution < 1.29 is 9.53 Å². The molecule has 0 saturated carbocycles. The maximum absolute atomic E-state index is 12.3. The first-order valence-electron chi connectivity index (χ1n) is 8.10. The molecule has 23 heavy (non-hydrogen) atoms. The average Bonchev–Trinajstić information content (AvgIpc) is 3.02. The highest BCUT2D eigenvalue weighted by atomic mass is 35.5. The van der Waals surface area contributed by atoms with E-state index in [1.807, 2.05) is 23.9 Å². The van der Waals surface area contributed by atoms with Gasteiger partial charge in [-0.25, -0.2) is 4.79 Å². The second kappa shape index (κ2) is 7.14. The summed E-state index contributed by atoms with van der Waals surface area (Å²) in [5.74, 6) is 0.372. The maximum Gasteiger partial charge on any atom is 0.317 e. The molecular weight excluding hydrogens is 314 g/mol. The molecule has 1 aliphatic heterocycles. The Morgan fingerprint density at radius 1 is 1.52 bits per heavy atom. The van der Waals surface area contributed by atoms with Crippen LogP contribution in [0.5, 0.6) is 0 Å². The lowest BCUT2D eigenvalue weighted by Crippen LogP contribution is -2.43. The van der Waals surface area contributed by atoms with Crippen LogP contribution in [-0.4, -0.2) is 41.8 Å². The molecule has 5 nitrogen and oxygen atoms in total. The Hall–Kier alpha value is -1.20.